The van der Waals surface area contributed by atoms with E-state index in [0.29, 0.717) is 34.9 Å². The minimum atomic E-state index is -1.02. The van der Waals surface area contributed by atoms with Gasteiger partial charge in [-0.1, -0.05) is 12.1 Å². The highest BCUT2D eigenvalue weighted by Gasteiger charge is 2.36. The van der Waals surface area contributed by atoms with Crippen molar-refractivity contribution in [3.05, 3.63) is 105 Å². The van der Waals surface area contributed by atoms with Gasteiger partial charge in [0.1, 0.15) is 46.6 Å². The van der Waals surface area contributed by atoms with E-state index in [1.165, 1.54) is 29.2 Å². The van der Waals surface area contributed by atoms with Crippen molar-refractivity contribution in [2.24, 2.45) is 0 Å². The van der Waals surface area contributed by atoms with Gasteiger partial charge in [-0.05, 0) is 127 Å². The van der Waals surface area contributed by atoms with Crippen molar-refractivity contribution in [3.63, 3.8) is 0 Å². The number of fused-ring (bicyclic) bond motifs is 1. The van der Waals surface area contributed by atoms with E-state index >= 15 is 0 Å². The van der Waals surface area contributed by atoms with Gasteiger partial charge in [-0.3, -0.25) is 19.8 Å². The predicted molar refractivity (Wildman–Crippen MR) is 236 cm³/mol. The predicted octanol–water partition coefficient (Wildman–Crippen LogP) is 8.61. The number of nitro groups is 1. The third-order valence-electron chi connectivity index (χ3n) is 10.3. The maximum Gasteiger partial charge on any atom is 0.414 e. The summed E-state index contributed by atoms with van der Waals surface area (Å²) in [6, 6.07) is 17.2. The molecule has 2 atom stereocenters. The fourth-order valence-corrected chi connectivity index (χ4v) is 6.86. The standard InChI is InChI=1S/C47H57N3O13/c1-11-57-44(52)40(61-35-18-14-33(15-19-35)50(54)55)24-32-12-16-34(17-13-32)58-26-41(51)48-38-21-20-36(25-39(38)49(9)45(53)63-46(5,6)7)59-27-47(8)23-22-37-31(4)42(60-28-56-10)29(2)30(3)43(37)62-47/h12-21,25,40H,11,22-24,26-28H2,1-10H3,(H,48,51). The first-order valence-electron chi connectivity index (χ1n) is 20.6. The number of ether oxygens (including phenoxy) is 8. The third-order valence-corrected chi connectivity index (χ3v) is 10.3. The number of carbonyl (C=O) groups excluding carboxylic acids is 3. The molecule has 4 aromatic carbocycles. The maximum absolute atomic E-state index is 13.3. The summed E-state index contributed by atoms with van der Waals surface area (Å²) in [4.78, 5) is 51.2. The van der Waals surface area contributed by atoms with Crippen molar-refractivity contribution in [1.82, 2.24) is 0 Å². The van der Waals surface area contributed by atoms with E-state index in [0.717, 1.165) is 40.2 Å². The lowest BCUT2D eigenvalue weighted by atomic mass is 9.87. The SMILES string of the molecule is CCOC(=O)C(Cc1ccc(OCC(=O)Nc2ccc(OCC3(C)CCc4c(C)c(OCOC)c(C)c(C)c4O3)cc2N(C)C(=O)OC(C)(C)C)cc1)Oc1ccc([N+](=O)[O-])cc1. The van der Waals surface area contributed by atoms with Crippen LogP contribution in [0.2, 0.25) is 0 Å². The molecule has 0 bridgehead atoms. The molecule has 0 saturated carbocycles. The van der Waals surface area contributed by atoms with E-state index in [4.69, 9.17) is 37.9 Å². The zero-order chi connectivity index (χ0) is 46.1. The second kappa shape index (κ2) is 20.5. The molecule has 0 spiro atoms. The minimum Gasteiger partial charge on any atom is -0.489 e. The number of nitrogens with one attached hydrogen (secondary N) is 1. The van der Waals surface area contributed by atoms with Gasteiger partial charge in [-0.25, -0.2) is 9.59 Å². The lowest BCUT2D eigenvalue weighted by molar-refractivity contribution is -0.384. The topological polar surface area (TPSA) is 183 Å². The Morgan fingerprint density at radius 3 is 2.22 bits per heavy atom. The molecule has 16 heteroatoms. The number of hydrogen-bond donors (Lipinski definition) is 1. The Labute approximate surface area is 367 Å². The number of anilines is 2. The van der Waals surface area contributed by atoms with Gasteiger partial charge in [-0.15, -0.1) is 0 Å². The Morgan fingerprint density at radius 1 is 0.921 bits per heavy atom. The van der Waals surface area contributed by atoms with Gasteiger partial charge in [-0.2, -0.15) is 0 Å². The molecule has 1 aliphatic heterocycles. The van der Waals surface area contributed by atoms with Crippen LogP contribution in [0.25, 0.3) is 0 Å². The average molecular weight is 872 g/mol. The number of benzene rings is 4. The van der Waals surface area contributed by atoms with E-state index in [9.17, 15) is 24.5 Å². The summed E-state index contributed by atoms with van der Waals surface area (Å²) in [5, 5.41) is 13.9. The largest absolute Gasteiger partial charge is 0.489 e. The minimum absolute atomic E-state index is 0.108. The van der Waals surface area contributed by atoms with Crippen LogP contribution >= 0.6 is 0 Å². The van der Waals surface area contributed by atoms with Crippen LogP contribution in [0, 0.1) is 30.9 Å². The Morgan fingerprint density at radius 2 is 1.59 bits per heavy atom. The molecule has 5 rings (SSSR count). The first kappa shape index (κ1) is 47.5. The first-order valence-corrected chi connectivity index (χ1v) is 20.6. The summed E-state index contributed by atoms with van der Waals surface area (Å²) in [7, 11) is 3.14. The molecule has 0 aromatic heterocycles. The number of non-ortho nitro benzene ring substituents is 1. The fraction of sp³-hybridized carbons (Fsp3) is 0.426. The Hall–Kier alpha value is -6.55. The van der Waals surface area contributed by atoms with Gasteiger partial charge in [0.2, 0.25) is 0 Å². The van der Waals surface area contributed by atoms with E-state index in [1.807, 2.05) is 27.7 Å². The van der Waals surface area contributed by atoms with E-state index < -0.39 is 40.2 Å². The molecule has 63 heavy (non-hydrogen) atoms. The summed E-state index contributed by atoms with van der Waals surface area (Å²) >= 11 is 0. The van der Waals surface area contributed by atoms with Gasteiger partial charge in [0, 0.05) is 44.3 Å². The molecule has 2 amide bonds. The molecule has 0 aliphatic carbocycles. The number of methoxy groups -OCH3 is 1. The van der Waals surface area contributed by atoms with Gasteiger partial charge in [0.25, 0.3) is 11.6 Å². The number of amides is 2. The van der Waals surface area contributed by atoms with E-state index in [1.54, 1.807) is 84.3 Å². The molecular formula is C47H57N3O13. The first-order chi connectivity index (χ1) is 29.8. The molecule has 1 N–H and O–H groups in total. The van der Waals surface area contributed by atoms with Gasteiger partial charge < -0.3 is 43.2 Å². The lowest BCUT2D eigenvalue weighted by Gasteiger charge is -2.38. The third kappa shape index (κ3) is 12.5. The molecule has 1 aliphatic rings. The highest BCUT2D eigenvalue weighted by atomic mass is 16.7. The molecule has 338 valence electrons. The quantitative estimate of drug-likeness (QED) is 0.0434. The molecule has 0 saturated heterocycles. The second-order valence-electron chi connectivity index (χ2n) is 16.4. The summed E-state index contributed by atoms with van der Waals surface area (Å²) in [6.07, 6.45) is -0.0862. The zero-order valence-electron chi connectivity index (χ0n) is 37.6. The molecular weight excluding hydrogens is 815 g/mol. The van der Waals surface area contributed by atoms with Crippen LogP contribution in [-0.2, 0) is 36.6 Å². The van der Waals surface area contributed by atoms with Gasteiger partial charge >= 0.3 is 12.1 Å². The van der Waals surface area contributed by atoms with Crippen molar-refractivity contribution in [2.75, 3.05) is 51.0 Å². The number of nitrogens with zero attached hydrogens (tertiary/aromatic N) is 2. The van der Waals surface area contributed by atoms with Crippen LogP contribution < -0.4 is 33.9 Å². The number of rotatable bonds is 18. The summed E-state index contributed by atoms with van der Waals surface area (Å²) in [6.45, 7) is 15.2. The molecule has 2 unspecified atom stereocenters. The number of nitro benzene ring substituents is 1. The monoisotopic (exact) mass is 871 g/mol. The average Bonchev–Trinajstić information content (AvgIpc) is 3.24. The maximum atomic E-state index is 13.3. The molecule has 0 radical (unpaired) electrons. The van der Waals surface area contributed by atoms with Crippen LogP contribution in [0.1, 0.15) is 68.9 Å². The number of esters is 1. The number of hydrogen-bond acceptors (Lipinski definition) is 13. The number of carbonyl (C=O) groups is 3. The van der Waals surface area contributed by atoms with E-state index in [-0.39, 0.29) is 44.5 Å². The molecule has 4 aromatic rings. The Kier molecular flexibility index (Phi) is 15.5. The van der Waals surface area contributed by atoms with Crippen LogP contribution in [0.3, 0.4) is 0 Å². The van der Waals surface area contributed by atoms with Crippen LogP contribution in [-0.4, -0.2) is 81.0 Å². The van der Waals surface area contributed by atoms with Crippen LogP contribution in [0.5, 0.6) is 28.7 Å². The van der Waals surface area contributed by atoms with Gasteiger partial charge in [0.05, 0.1) is 22.9 Å². The van der Waals surface area contributed by atoms with Crippen molar-refractivity contribution >= 4 is 35.0 Å². The summed E-state index contributed by atoms with van der Waals surface area (Å²) in [5.41, 5.74) is 3.89. The van der Waals surface area contributed by atoms with Crippen LogP contribution in [0.4, 0.5) is 21.9 Å². The fourth-order valence-electron chi connectivity index (χ4n) is 6.86. The highest BCUT2D eigenvalue weighted by Crippen LogP contribution is 2.44. The van der Waals surface area contributed by atoms with Crippen molar-refractivity contribution in [2.45, 2.75) is 92.0 Å². The van der Waals surface area contributed by atoms with Crippen LogP contribution in [0.15, 0.2) is 66.7 Å². The van der Waals surface area contributed by atoms with E-state index in [2.05, 4.69) is 5.32 Å². The summed E-state index contributed by atoms with van der Waals surface area (Å²) in [5.74, 6) is 1.64. The second-order valence-corrected chi connectivity index (χ2v) is 16.4. The highest BCUT2D eigenvalue weighted by molar-refractivity contribution is 5.99. The smallest absolute Gasteiger partial charge is 0.414 e. The lowest BCUT2D eigenvalue weighted by Crippen LogP contribution is -2.42. The summed E-state index contributed by atoms with van der Waals surface area (Å²) < 4.78 is 46.5. The van der Waals surface area contributed by atoms with Crippen molar-refractivity contribution in [3.8, 4) is 28.7 Å². The zero-order valence-corrected chi connectivity index (χ0v) is 37.6. The Bertz CT molecular complexity index is 2270. The normalized spacial score (nSPS) is 14.9. The Balaban J connectivity index is 1.25. The van der Waals surface area contributed by atoms with Crippen molar-refractivity contribution < 1.29 is 57.2 Å². The molecule has 0 fully saturated rings. The molecule has 16 nitrogen and oxygen atoms in total. The van der Waals surface area contributed by atoms with Gasteiger partial charge in [0.15, 0.2) is 19.5 Å². The molecule has 1 heterocycles. The van der Waals surface area contributed by atoms with Crippen molar-refractivity contribution in [1.29, 1.82) is 0 Å².